The first-order valence-corrected chi connectivity index (χ1v) is 5.83. The molecule has 0 aromatic heterocycles. The highest BCUT2D eigenvalue weighted by molar-refractivity contribution is 5.76. The molecule has 14 heavy (non-hydrogen) atoms. The molecule has 0 spiro atoms. The largest absolute Gasteiger partial charge is 0.343 e. The fourth-order valence-electron chi connectivity index (χ4n) is 1.85. The van der Waals surface area contributed by atoms with Gasteiger partial charge in [-0.05, 0) is 19.4 Å². The van der Waals surface area contributed by atoms with Crippen molar-refractivity contribution in [2.24, 2.45) is 0 Å². The van der Waals surface area contributed by atoms with E-state index in [9.17, 15) is 4.79 Å². The van der Waals surface area contributed by atoms with Gasteiger partial charge in [0, 0.05) is 26.1 Å². The van der Waals surface area contributed by atoms with Crippen LogP contribution >= 0.6 is 0 Å². The maximum Gasteiger partial charge on any atom is 0.223 e. The van der Waals surface area contributed by atoms with Gasteiger partial charge in [0.15, 0.2) is 0 Å². The summed E-state index contributed by atoms with van der Waals surface area (Å²) in [5.74, 6) is 0.327. The molecule has 0 aromatic carbocycles. The van der Waals surface area contributed by atoms with Crippen molar-refractivity contribution in [3.05, 3.63) is 0 Å². The SMILES string of the molecule is CCNCCC(=O)N1CCCCCC1. The molecular weight excluding hydrogens is 176 g/mol. The number of nitrogens with one attached hydrogen (secondary N) is 1. The van der Waals surface area contributed by atoms with E-state index < -0.39 is 0 Å². The van der Waals surface area contributed by atoms with Crippen LogP contribution in [0.2, 0.25) is 0 Å². The molecule has 1 aliphatic rings. The highest BCUT2D eigenvalue weighted by atomic mass is 16.2. The predicted octanol–water partition coefficient (Wildman–Crippen LogP) is 1.39. The average Bonchev–Trinajstić information content (AvgIpc) is 2.46. The summed E-state index contributed by atoms with van der Waals surface area (Å²) in [6.07, 6.45) is 5.61. The lowest BCUT2D eigenvalue weighted by atomic mass is 10.2. The van der Waals surface area contributed by atoms with Crippen LogP contribution < -0.4 is 5.32 Å². The molecule has 0 atom stereocenters. The second kappa shape index (κ2) is 6.82. The Morgan fingerprint density at radius 1 is 1.21 bits per heavy atom. The van der Waals surface area contributed by atoms with E-state index in [0.717, 1.165) is 26.2 Å². The third-order valence-electron chi connectivity index (χ3n) is 2.72. The van der Waals surface area contributed by atoms with E-state index in [1.807, 2.05) is 4.90 Å². The molecule has 0 saturated carbocycles. The Bertz CT molecular complexity index is 163. The van der Waals surface area contributed by atoms with Gasteiger partial charge in [-0.2, -0.15) is 0 Å². The molecule has 0 aromatic rings. The zero-order valence-corrected chi connectivity index (χ0v) is 9.22. The van der Waals surface area contributed by atoms with E-state index in [2.05, 4.69) is 12.2 Å². The summed E-state index contributed by atoms with van der Waals surface area (Å²) < 4.78 is 0. The molecule has 0 aliphatic carbocycles. The Balaban J connectivity index is 2.20. The Labute approximate surface area is 86.9 Å². The van der Waals surface area contributed by atoms with E-state index in [0.29, 0.717) is 12.3 Å². The monoisotopic (exact) mass is 198 g/mol. The second-order valence-electron chi connectivity index (χ2n) is 3.90. The third kappa shape index (κ3) is 4.09. The molecule has 1 fully saturated rings. The van der Waals surface area contributed by atoms with Crippen molar-refractivity contribution < 1.29 is 4.79 Å². The smallest absolute Gasteiger partial charge is 0.223 e. The lowest BCUT2D eigenvalue weighted by Gasteiger charge is -2.20. The number of likely N-dealkylation sites (tertiary alicyclic amines) is 1. The number of rotatable bonds is 4. The lowest BCUT2D eigenvalue weighted by Crippen LogP contribution is -2.33. The van der Waals surface area contributed by atoms with Crippen LogP contribution in [0, 0.1) is 0 Å². The number of hydrogen-bond acceptors (Lipinski definition) is 2. The van der Waals surface area contributed by atoms with Gasteiger partial charge in [-0.3, -0.25) is 4.79 Å². The maximum absolute atomic E-state index is 11.7. The summed E-state index contributed by atoms with van der Waals surface area (Å²) in [7, 11) is 0. The topological polar surface area (TPSA) is 32.3 Å². The van der Waals surface area contributed by atoms with Crippen LogP contribution in [0.4, 0.5) is 0 Å². The molecule has 1 aliphatic heterocycles. The van der Waals surface area contributed by atoms with Crippen molar-refractivity contribution in [1.29, 1.82) is 0 Å². The first kappa shape index (κ1) is 11.5. The van der Waals surface area contributed by atoms with Gasteiger partial charge in [-0.25, -0.2) is 0 Å². The van der Waals surface area contributed by atoms with Crippen LogP contribution in [0.15, 0.2) is 0 Å². The summed E-state index contributed by atoms with van der Waals surface area (Å²) in [5.41, 5.74) is 0. The minimum Gasteiger partial charge on any atom is -0.343 e. The molecular formula is C11H22N2O. The van der Waals surface area contributed by atoms with Crippen LogP contribution in [0.1, 0.15) is 39.0 Å². The van der Waals surface area contributed by atoms with Crippen molar-refractivity contribution >= 4 is 5.91 Å². The van der Waals surface area contributed by atoms with Crippen LogP contribution in [0.25, 0.3) is 0 Å². The summed E-state index contributed by atoms with van der Waals surface area (Å²) in [6.45, 7) is 5.80. The molecule has 1 amide bonds. The summed E-state index contributed by atoms with van der Waals surface area (Å²) in [4.78, 5) is 13.7. The van der Waals surface area contributed by atoms with Gasteiger partial charge < -0.3 is 10.2 Å². The molecule has 3 nitrogen and oxygen atoms in total. The molecule has 1 N–H and O–H groups in total. The second-order valence-corrected chi connectivity index (χ2v) is 3.90. The van der Waals surface area contributed by atoms with Gasteiger partial charge in [-0.15, -0.1) is 0 Å². The zero-order chi connectivity index (χ0) is 10.2. The van der Waals surface area contributed by atoms with E-state index in [4.69, 9.17) is 0 Å². The standard InChI is InChI=1S/C11H22N2O/c1-2-12-8-7-11(14)13-9-5-3-4-6-10-13/h12H,2-10H2,1H3. The maximum atomic E-state index is 11.7. The van der Waals surface area contributed by atoms with E-state index in [1.54, 1.807) is 0 Å². The number of carbonyl (C=O) groups excluding carboxylic acids is 1. The fourth-order valence-corrected chi connectivity index (χ4v) is 1.85. The summed E-state index contributed by atoms with van der Waals surface area (Å²) in [5, 5.41) is 3.19. The van der Waals surface area contributed by atoms with Crippen molar-refractivity contribution in [2.45, 2.75) is 39.0 Å². The van der Waals surface area contributed by atoms with Gasteiger partial charge in [0.05, 0.1) is 0 Å². The number of amides is 1. The van der Waals surface area contributed by atoms with E-state index in [-0.39, 0.29) is 0 Å². The average molecular weight is 198 g/mol. The minimum atomic E-state index is 0.327. The molecule has 0 bridgehead atoms. The van der Waals surface area contributed by atoms with Gasteiger partial charge in [0.1, 0.15) is 0 Å². The zero-order valence-electron chi connectivity index (χ0n) is 9.22. The Kier molecular flexibility index (Phi) is 5.60. The number of hydrogen-bond donors (Lipinski definition) is 1. The van der Waals surface area contributed by atoms with E-state index in [1.165, 1.54) is 25.7 Å². The van der Waals surface area contributed by atoms with Crippen molar-refractivity contribution in [3.63, 3.8) is 0 Å². The summed E-state index contributed by atoms with van der Waals surface area (Å²) >= 11 is 0. The van der Waals surface area contributed by atoms with Crippen LogP contribution in [-0.2, 0) is 4.79 Å². The third-order valence-corrected chi connectivity index (χ3v) is 2.72. The Hall–Kier alpha value is -0.570. The molecule has 1 rings (SSSR count). The molecule has 1 saturated heterocycles. The van der Waals surface area contributed by atoms with Crippen molar-refractivity contribution in [3.8, 4) is 0 Å². The number of carbonyl (C=O) groups is 1. The van der Waals surface area contributed by atoms with Crippen LogP contribution in [0.3, 0.4) is 0 Å². The molecule has 0 radical (unpaired) electrons. The van der Waals surface area contributed by atoms with Crippen molar-refractivity contribution in [1.82, 2.24) is 10.2 Å². The highest BCUT2D eigenvalue weighted by Crippen LogP contribution is 2.10. The molecule has 3 heteroatoms. The quantitative estimate of drug-likeness (QED) is 0.692. The predicted molar refractivity (Wildman–Crippen MR) is 58.2 cm³/mol. The van der Waals surface area contributed by atoms with E-state index >= 15 is 0 Å². The first-order chi connectivity index (χ1) is 6.84. The fraction of sp³-hybridized carbons (Fsp3) is 0.909. The number of nitrogens with zero attached hydrogens (tertiary/aromatic N) is 1. The molecule has 82 valence electrons. The highest BCUT2D eigenvalue weighted by Gasteiger charge is 2.14. The Morgan fingerprint density at radius 2 is 1.86 bits per heavy atom. The minimum absolute atomic E-state index is 0.327. The van der Waals surface area contributed by atoms with Crippen molar-refractivity contribution in [2.75, 3.05) is 26.2 Å². The molecule has 1 heterocycles. The lowest BCUT2D eigenvalue weighted by molar-refractivity contribution is -0.131. The van der Waals surface area contributed by atoms with Gasteiger partial charge in [-0.1, -0.05) is 19.8 Å². The van der Waals surface area contributed by atoms with Gasteiger partial charge in [0.2, 0.25) is 5.91 Å². The first-order valence-electron chi connectivity index (χ1n) is 5.83. The van der Waals surface area contributed by atoms with Crippen LogP contribution in [-0.4, -0.2) is 37.0 Å². The van der Waals surface area contributed by atoms with Crippen LogP contribution in [0.5, 0.6) is 0 Å². The normalized spacial score (nSPS) is 17.9. The van der Waals surface area contributed by atoms with Gasteiger partial charge >= 0.3 is 0 Å². The Morgan fingerprint density at radius 3 is 2.43 bits per heavy atom. The summed E-state index contributed by atoms with van der Waals surface area (Å²) in [6, 6.07) is 0. The molecule has 0 unspecified atom stereocenters. The van der Waals surface area contributed by atoms with Gasteiger partial charge in [0.25, 0.3) is 0 Å².